The maximum atomic E-state index is 12.8. The van der Waals surface area contributed by atoms with Crippen molar-refractivity contribution in [1.82, 2.24) is 4.90 Å². The van der Waals surface area contributed by atoms with Gasteiger partial charge in [0.2, 0.25) is 11.7 Å². The molecular weight excluding hydrogens is 276 g/mol. The van der Waals surface area contributed by atoms with Crippen LogP contribution < -0.4 is 0 Å². The second kappa shape index (κ2) is 5.59. The zero-order chi connectivity index (χ0) is 15.7. The van der Waals surface area contributed by atoms with E-state index in [2.05, 4.69) is 4.99 Å². The number of allylic oxidation sites excluding steroid dienone is 1. The molecule has 1 aliphatic carbocycles. The summed E-state index contributed by atoms with van der Waals surface area (Å²) in [6, 6.07) is 7.97. The van der Waals surface area contributed by atoms with E-state index in [-0.39, 0.29) is 5.78 Å². The molecule has 1 saturated heterocycles. The van der Waals surface area contributed by atoms with Gasteiger partial charge in [-0.3, -0.25) is 4.79 Å². The average Bonchev–Trinajstić information content (AvgIpc) is 3.05. The minimum Gasteiger partial charge on any atom is -0.437 e. The number of ketones is 1. The van der Waals surface area contributed by atoms with Gasteiger partial charge >= 0.3 is 0 Å². The minimum absolute atomic E-state index is 0.0876. The molecule has 1 aromatic carbocycles. The fourth-order valence-electron chi connectivity index (χ4n) is 3.19. The molecule has 2 aliphatic rings. The third-order valence-corrected chi connectivity index (χ3v) is 4.37. The Morgan fingerprint density at radius 3 is 2.41 bits per heavy atom. The number of carbonyl (C=O) groups excluding carboxylic acids is 1. The van der Waals surface area contributed by atoms with Gasteiger partial charge in [0.25, 0.3) is 0 Å². The summed E-state index contributed by atoms with van der Waals surface area (Å²) in [6.45, 7) is 2.04. The lowest BCUT2D eigenvalue weighted by atomic mass is 9.82. The van der Waals surface area contributed by atoms with Crippen LogP contribution in [0.1, 0.15) is 31.2 Å². The van der Waals surface area contributed by atoms with Crippen molar-refractivity contribution >= 4 is 17.4 Å². The highest BCUT2D eigenvalue weighted by molar-refractivity contribution is 6.19. The number of hydrogen-bond acceptors (Lipinski definition) is 4. The molecule has 4 nitrogen and oxygen atoms in total. The number of rotatable bonds is 2. The molecule has 0 N–H and O–H groups in total. The van der Waals surface area contributed by atoms with Gasteiger partial charge < -0.3 is 9.64 Å². The van der Waals surface area contributed by atoms with Gasteiger partial charge in [-0.1, -0.05) is 30.5 Å². The van der Waals surface area contributed by atoms with Gasteiger partial charge in [0.15, 0.2) is 5.76 Å². The molecule has 0 radical (unpaired) electrons. The Bertz CT molecular complexity index is 636. The van der Waals surface area contributed by atoms with Crippen molar-refractivity contribution in [1.29, 1.82) is 0 Å². The van der Waals surface area contributed by atoms with Crippen LogP contribution in [0.3, 0.4) is 0 Å². The van der Waals surface area contributed by atoms with Crippen molar-refractivity contribution in [2.24, 2.45) is 10.4 Å². The van der Waals surface area contributed by atoms with Crippen LogP contribution in [0.15, 0.2) is 41.2 Å². The summed E-state index contributed by atoms with van der Waals surface area (Å²) in [7, 11) is 3.78. The minimum atomic E-state index is -0.535. The third kappa shape index (κ3) is 2.54. The van der Waals surface area contributed by atoms with E-state index < -0.39 is 5.41 Å². The van der Waals surface area contributed by atoms with E-state index in [4.69, 9.17) is 4.74 Å². The van der Waals surface area contributed by atoms with Gasteiger partial charge in [0, 0.05) is 20.3 Å². The quantitative estimate of drug-likeness (QED) is 0.784. The Labute approximate surface area is 131 Å². The van der Waals surface area contributed by atoms with E-state index in [0.717, 1.165) is 31.4 Å². The topological polar surface area (TPSA) is 41.9 Å². The first-order valence-electron chi connectivity index (χ1n) is 7.78. The van der Waals surface area contributed by atoms with Crippen molar-refractivity contribution in [2.75, 3.05) is 14.1 Å². The Hall–Kier alpha value is -2.10. The van der Waals surface area contributed by atoms with Gasteiger partial charge in [-0.25, -0.2) is 4.99 Å². The van der Waals surface area contributed by atoms with Crippen molar-refractivity contribution < 1.29 is 9.53 Å². The summed E-state index contributed by atoms with van der Waals surface area (Å²) >= 11 is 0. The van der Waals surface area contributed by atoms with Crippen LogP contribution >= 0.6 is 0 Å². The fraction of sp³-hybridized carbons (Fsp3) is 0.444. The van der Waals surface area contributed by atoms with Crippen LogP contribution in [0, 0.1) is 12.3 Å². The molecule has 0 bridgehead atoms. The SMILES string of the molecule is Cc1ccc(N=C2O/C(=C\N(C)C)C(=O)C23CCCC3)cc1. The number of hydrogen-bond donors (Lipinski definition) is 0. The van der Waals surface area contributed by atoms with Crippen molar-refractivity contribution in [3.05, 3.63) is 41.8 Å². The van der Waals surface area contributed by atoms with Crippen LogP contribution in [-0.2, 0) is 9.53 Å². The first kappa shape index (κ1) is 14.8. The van der Waals surface area contributed by atoms with E-state index in [0.29, 0.717) is 11.7 Å². The van der Waals surface area contributed by atoms with Crippen LogP contribution in [0.4, 0.5) is 5.69 Å². The fourth-order valence-corrected chi connectivity index (χ4v) is 3.19. The largest absolute Gasteiger partial charge is 0.437 e. The summed E-state index contributed by atoms with van der Waals surface area (Å²) in [4.78, 5) is 19.3. The maximum Gasteiger partial charge on any atom is 0.214 e. The molecule has 0 aromatic heterocycles. The number of ether oxygens (including phenoxy) is 1. The number of nitrogens with zero attached hydrogens (tertiary/aromatic N) is 2. The average molecular weight is 298 g/mol. The summed E-state index contributed by atoms with van der Waals surface area (Å²) < 4.78 is 5.88. The van der Waals surface area contributed by atoms with E-state index >= 15 is 0 Å². The number of carbonyl (C=O) groups is 1. The third-order valence-electron chi connectivity index (χ3n) is 4.37. The molecule has 1 heterocycles. The zero-order valence-corrected chi connectivity index (χ0v) is 13.4. The number of aryl methyl sites for hydroxylation is 1. The van der Waals surface area contributed by atoms with E-state index in [9.17, 15) is 4.79 Å². The standard InChI is InChI=1S/C18H22N2O2/c1-13-6-8-14(9-7-13)19-17-18(10-4-5-11-18)16(21)15(22-17)12-20(2)3/h6-9,12H,4-5,10-11H2,1-3H3/b15-12-,19-17?. The van der Waals surface area contributed by atoms with Crippen molar-refractivity contribution in [3.63, 3.8) is 0 Å². The van der Waals surface area contributed by atoms with Gasteiger partial charge in [-0.2, -0.15) is 0 Å². The van der Waals surface area contributed by atoms with Crippen molar-refractivity contribution in [3.8, 4) is 0 Å². The molecule has 1 aromatic rings. The van der Waals surface area contributed by atoms with E-state index in [1.807, 2.05) is 50.2 Å². The Morgan fingerprint density at radius 2 is 1.82 bits per heavy atom. The second-order valence-corrected chi connectivity index (χ2v) is 6.43. The molecule has 0 atom stereocenters. The second-order valence-electron chi connectivity index (χ2n) is 6.43. The molecule has 1 saturated carbocycles. The first-order valence-corrected chi connectivity index (χ1v) is 7.78. The van der Waals surface area contributed by atoms with Gasteiger partial charge in [-0.15, -0.1) is 0 Å². The van der Waals surface area contributed by atoms with E-state index in [1.54, 1.807) is 6.20 Å². The van der Waals surface area contributed by atoms with Crippen LogP contribution in [0.25, 0.3) is 0 Å². The molecule has 1 spiro atoms. The number of aliphatic imine (C=N–C) groups is 1. The van der Waals surface area contributed by atoms with Gasteiger partial charge in [0.05, 0.1) is 5.69 Å². The molecule has 116 valence electrons. The molecule has 0 amide bonds. The number of Topliss-reactive ketones (excluding diaryl/α,β-unsaturated/α-hetero) is 1. The van der Waals surface area contributed by atoms with Gasteiger partial charge in [0.1, 0.15) is 5.41 Å². The lowest BCUT2D eigenvalue weighted by Crippen LogP contribution is -2.30. The molecule has 2 fully saturated rings. The Kier molecular flexibility index (Phi) is 3.77. The van der Waals surface area contributed by atoms with Crippen molar-refractivity contribution in [2.45, 2.75) is 32.6 Å². The predicted octanol–water partition coefficient (Wildman–Crippen LogP) is 3.59. The molecular formula is C18H22N2O2. The van der Waals surface area contributed by atoms with E-state index in [1.165, 1.54) is 5.56 Å². The first-order chi connectivity index (χ1) is 10.5. The number of benzene rings is 1. The summed E-state index contributed by atoms with van der Waals surface area (Å²) in [6.07, 6.45) is 5.52. The summed E-state index contributed by atoms with van der Waals surface area (Å²) in [5.41, 5.74) is 1.49. The predicted molar refractivity (Wildman–Crippen MR) is 87.0 cm³/mol. The van der Waals surface area contributed by atoms with Crippen LogP contribution in [0.2, 0.25) is 0 Å². The lowest BCUT2D eigenvalue weighted by molar-refractivity contribution is -0.121. The molecule has 22 heavy (non-hydrogen) atoms. The van der Waals surface area contributed by atoms with Crippen LogP contribution in [-0.4, -0.2) is 30.7 Å². The Balaban J connectivity index is 2.01. The normalized spacial score (nSPS) is 23.5. The smallest absolute Gasteiger partial charge is 0.214 e. The zero-order valence-electron chi connectivity index (χ0n) is 13.4. The molecule has 1 aliphatic heterocycles. The lowest BCUT2D eigenvalue weighted by Gasteiger charge is -2.17. The molecule has 0 unspecified atom stereocenters. The summed E-state index contributed by atoms with van der Waals surface area (Å²) in [5.74, 6) is 1.08. The summed E-state index contributed by atoms with van der Waals surface area (Å²) in [5, 5.41) is 0. The monoisotopic (exact) mass is 298 g/mol. The van der Waals surface area contributed by atoms with Crippen LogP contribution in [0.5, 0.6) is 0 Å². The highest BCUT2D eigenvalue weighted by atomic mass is 16.5. The highest BCUT2D eigenvalue weighted by Crippen LogP contribution is 2.47. The Morgan fingerprint density at radius 1 is 1.18 bits per heavy atom. The van der Waals surface area contributed by atoms with Gasteiger partial charge in [-0.05, 0) is 31.9 Å². The molecule has 4 heteroatoms. The highest BCUT2D eigenvalue weighted by Gasteiger charge is 2.54. The molecule has 3 rings (SSSR count). The maximum absolute atomic E-state index is 12.8.